The van der Waals surface area contributed by atoms with E-state index in [0.717, 1.165) is 17.7 Å². The summed E-state index contributed by atoms with van der Waals surface area (Å²) in [6.45, 7) is 6.21. The zero-order chi connectivity index (χ0) is 9.14. The van der Waals surface area contributed by atoms with Gasteiger partial charge in [0.1, 0.15) is 0 Å². The van der Waals surface area contributed by atoms with E-state index in [1.807, 2.05) is 6.92 Å². The van der Waals surface area contributed by atoms with Crippen LogP contribution < -0.4 is 5.69 Å². The molecule has 0 saturated heterocycles. The van der Waals surface area contributed by atoms with Gasteiger partial charge < -0.3 is 4.98 Å². The number of aromatic nitrogens is 2. The first kappa shape index (κ1) is 8.97. The first-order valence-electron chi connectivity index (χ1n) is 4.14. The molecule has 0 aromatic carbocycles. The predicted molar refractivity (Wildman–Crippen MR) is 48.1 cm³/mol. The highest BCUT2D eigenvalue weighted by Gasteiger charge is 2.02. The molecule has 0 fully saturated rings. The number of aromatic amines is 1. The molecule has 1 rings (SSSR count). The third-order valence-corrected chi connectivity index (χ3v) is 1.72. The maximum atomic E-state index is 10.9. The standard InChI is InChI=1S/C9H14N2O/c1-6(2)4-8-7(3)5-10-9(12)11-8/h5-6H,4H2,1-3H3,(H,10,11,12). The predicted octanol–water partition coefficient (Wildman–Crippen LogP) is 1.28. The number of hydrogen-bond acceptors (Lipinski definition) is 2. The minimum absolute atomic E-state index is 0.253. The highest BCUT2D eigenvalue weighted by Crippen LogP contribution is 2.06. The number of hydrogen-bond donors (Lipinski definition) is 1. The molecule has 1 aromatic heterocycles. The lowest BCUT2D eigenvalue weighted by Crippen LogP contribution is -2.14. The van der Waals surface area contributed by atoms with E-state index in [-0.39, 0.29) is 5.69 Å². The number of H-pyrrole nitrogens is 1. The van der Waals surface area contributed by atoms with Crippen molar-refractivity contribution in [1.29, 1.82) is 0 Å². The minimum atomic E-state index is -0.253. The van der Waals surface area contributed by atoms with Crippen molar-refractivity contribution in [2.75, 3.05) is 0 Å². The summed E-state index contributed by atoms with van der Waals surface area (Å²) >= 11 is 0. The van der Waals surface area contributed by atoms with Gasteiger partial charge in [-0.25, -0.2) is 9.78 Å². The zero-order valence-corrected chi connectivity index (χ0v) is 7.72. The molecule has 1 aromatic rings. The Kier molecular flexibility index (Phi) is 2.63. The third kappa shape index (κ3) is 2.19. The van der Waals surface area contributed by atoms with Crippen molar-refractivity contribution in [2.45, 2.75) is 27.2 Å². The molecule has 1 N–H and O–H groups in total. The van der Waals surface area contributed by atoms with Crippen LogP contribution in [0, 0.1) is 12.8 Å². The molecule has 0 radical (unpaired) electrons. The van der Waals surface area contributed by atoms with Gasteiger partial charge in [-0.3, -0.25) is 0 Å². The molecule has 3 heteroatoms. The Labute approximate surface area is 71.9 Å². The van der Waals surface area contributed by atoms with E-state index in [9.17, 15) is 4.79 Å². The first-order chi connectivity index (χ1) is 5.59. The van der Waals surface area contributed by atoms with Crippen molar-refractivity contribution in [2.24, 2.45) is 5.92 Å². The Hall–Kier alpha value is -1.12. The normalized spacial score (nSPS) is 10.7. The number of nitrogens with zero attached hydrogens (tertiary/aromatic N) is 1. The molecule has 0 bridgehead atoms. The molecular weight excluding hydrogens is 152 g/mol. The minimum Gasteiger partial charge on any atom is -0.310 e. The maximum Gasteiger partial charge on any atom is 0.345 e. The van der Waals surface area contributed by atoms with E-state index >= 15 is 0 Å². The van der Waals surface area contributed by atoms with E-state index in [4.69, 9.17) is 0 Å². The summed E-state index contributed by atoms with van der Waals surface area (Å²) in [5, 5.41) is 0. The fourth-order valence-corrected chi connectivity index (χ4v) is 1.11. The van der Waals surface area contributed by atoms with Gasteiger partial charge in [0.05, 0.1) is 0 Å². The Morgan fingerprint density at radius 1 is 1.58 bits per heavy atom. The molecule has 3 nitrogen and oxygen atoms in total. The van der Waals surface area contributed by atoms with Crippen molar-refractivity contribution >= 4 is 0 Å². The van der Waals surface area contributed by atoms with Gasteiger partial charge in [0.25, 0.3) is 0 Å². The highest BCUT2D eigenvalue weighted by molar-refractivity contribution is 5.13. The van der Waals surface area contributed by atoms with Crippen LogP contribution in [-0.4, -0.2) is 9.97 Å². The van der Waals surface area contributed by atoms with Gasteiger partial charge >= 0.3 is 5.69 Å². The smallest absolute Gasteiger partial charge is 0.310 e. The second-order valence-electron chi connectivity index (χ2n) is 3.45. The lowest BCUT2D eigenvalue weighted by Gasteiger charge is -2.06. The van der Waals surface area contributed by atoms with Gasteiger partial charge in [0, 0.05) is 11.9 Å². The van der Waals surface area contributed by atoms with E-state index in [2.05, 4.69) is 23.8 Å². The molecule has 0 unspecified atom stereocenters. The molecule has 0 aliphatic heterocycles. The van der Waals surface area contributed by atoms with Crippen LogP contribution in [0.3, 0.4) is 0 Å². The van der Waals surface area contributed by atoms with Crippen LogP contribution in [0.15, 0.2) is 11.0 Å². The van der Waals surface area contributed by atoms with Gasteiger partial charge in [-0.05, 0) is 24.8 Å². The fraction of sp³-hybridized carbons (Fsp3) is 0.556. The van der Waals surface area contributed by atoms with Crippen molar-refractivity contribution in [3.8, 4) is 0 Å². The van der Waals surface area contributed by atoms with Crippen LogP contribution in [0.25, 0.3) is 0 Å². The Morgan fingerprint density at radius 3 is 2.83 bits per heavy atom. The fourth-order valence-electron chi connectivity index (χ4n) is 1.11. The summed E-state index contributed by atoms with van der Waals surface area (Å²) < 4.78 is 0. The summed E-state index contributed by atoms with van der Waals surface area (Å²) in [6.07, 6.45) is 2.53. The monoisotopic (exact) mass is 166 g/mol. The van der Waals surface area contributed by atoms with Crippen LogP contribution in [0.4, 0.5) is 0 Å². The summed E-state index contributed by atoms with van der Waals surface area (Å²) in [5.41, 5.74) is 1.81. The molecule has 0 atom stereocenters. The topological polar surface area (TPSA) is 45.8 Å². The average molecular weight is 166 g/mol. The van der Waals surface area contributed by atoms with Crippen molar-refractivity contribution in [3.63, 3.8) is 0 Å². The highest BCUT2D eigenvalue weighted by atomic mass is 16.1. The number of rotatable bonds is 2. The molecule has 0 aliphatic rings. The second-order valence-corrected chi connectivity index (χ2v) is 3.45. The second kappa shape index (κ2) is 3.52. The SMILES string of the molecule is Cc1cnc(=O)[nH]c1CC(C)C. The Morgan fingerprint density at radius 2 is 2.25 bits per heavy atom. The molecule has 1 heterocycles. The van der Waals surface area contributed by atoms with Crippen LogP contribution in [0.5, 0.6) is 0 Å². The summed E-state index contributed by atoms with van der Waals surface area (Å²) in [5.74, 6) is 0.557. The van der Waals surface area contributed by atoms with Crippen LogP contribution in [0.1, 0.15) is 25.1 Å². The molecule has 0 amide bonds. The molecule has 12 heavy (non-hydrogen) atoms. The Bertz CT molecular complexity index is 315. The van der Waals surface area contributed by atoms with E-state index in [0.29, 0.717) is 5.92 Å². The number of aryl methyl sites for hydroxylation is 1. The van der Waals surface area contributed by atoms with Gasteiger partial charge in [-0.2, -0.15) is 0 Å². The number of nitrogens with one attached hydrogen (secondary N) is 1. The van der Waals surface area contributed by atoms with Crippen LogP contribution >= 0.6 is 0 Å². The first-order valence-corrected chi connectivity index (χ1v) is 4.14. The average Bonchev–Trinajstić information content (AvgIpc) is 1.96. The van der Waals surface area contributed by atoms with E-state index in [1.54, 1.807) is 6.20 Å². The van der Waals surface area contributed by atoms with Crippen molar-refractivity contribution in [3.05, 3.63) is 27.9 Å². The van der Waals surface area contributed by atoms with Crippen molar-refractivity contribution < 1.29 is 0 Å². The molecule has 0 aliphatic carbocycles. The van der Waals surface area contributed by atoms with Crippen molar-refractivity contribution in [1.82, 2.24) is 9.97 Å². The van der Waals surface area contributed by atoms with E-state index < -0.39 is 0 Å². The molecule has 66 valence electrons. The largest absolute Gasteiger partial charge is 0.345 e. The summed E-state index contributed by atoms with van der Waals surface area (Å²) in [7, 11) is 0. The summed E-state index contributed by atoms with van der Waals surface area (Å²) in [4.78, 5) is 17.2. The Balaban J connectivity index is 2.97. The van der Waals surface area contributed by atoms with Crippen LogP contribution in [0.2, 0.25) is 0 Å². The van der Waals surface area contributed by atoms with Gasteiger partial charge in [-0.1, -0.05) is 13.8 Å². The lowest BCUT2D eigenvalue weighted by atomic mass is 10.1. The maximum absolute atomic E-state index is 10.9. The molecule has 0 spiro atoms. The molecule has 0 saturated carbocycles. The van der Waals surface area contributed by atoms with E-state index in [1.165, 1.54) is 0 Å². The summed E-state index contributed by atoms with van der Waals surface area (Å²) in [6, 6.07) is 0. The van der Waals surface area contributed by atoms with Gasteiger partial charge in [-0.15, -0.1) is 0 Å². The molecular formula is C9H14N2O. The van der Waals surface area contributed by atoms with Gasteiger partial charge in [0.15, 0.2) is 0 Å². The van der Waals surface area contributed by atoms with Crippen LogP contribution in [-0.2, 0) is 6.42 Å². The van der Waals surface area contributed by atoms with Gasteiger partial charge in [0.2, 0.25) is 0 Å². The zero-order valence-electron chi connectivity index (χ0n) is 7.72. The quantitative estimate of drug-likeness (QED) is 0.719. The lowest BCUT2D eigenvalue weighted by molar-refractivity contribution is 0.628. The third-order valence-electron chi connectivity index (χ3n) is 1.72.